The van der Waals surface area contributed by atoms with Crippen molar-refractivity contribution >= 4 is 5.97 Å². The summed E-state index contributed by atoms with van der Waals surface area (Å²) in [4.78, 5) is 11.5. The molecule has 0 saturated carbocycles. The largest absolute Gasteiger partial charge is 0.461 e. The molecule has 0 aliphatic rings. The Morgan fingerprint density at radius 1 is 1.05 bits per heavy atom. The third-order valence-electron chi connectivity index (χ3n) is 3.32. The molecular formula is C11H16F6O3. The molecule has 0 rings (SSSR count). The van der Waals surface area contributed by atoms with E-state index in [-0.39, 0.29) is 5.92 Å². The highest BCUT2D eigenvalue weighted by molar-refractivity contribution is 5.76. The maximum atomic E-state index is 12.3. The second-order valence-corrected chi connectivity index (χ2v) is 5.31. The van der Waals surface area contributed by atoms with Crippen molar-refractivity contribution in [1.29, 1.82) is 0 Å². The molecule has 0 amide bonds. The van der Waals surface area contributed by atoms with Crippen molar-refractivity contribution < 1.29 is 41.0 Å². The van der Waals surface area contributed by atoms with Gasteiger partial charge in [0, 0.05) is 0 Å². The van der Waals surface area contributed by atoms with Crippen LogP contribution in [-0.2, 0) is 9.53 Å². The maximum Gasteiger partial charge on any atom is 0.429 e. The number of esters is 1. The van der Waals surface area contributed by atoms with Crippen LogP contribution in [-0.4, -0.2) is 35.6 Å². The van der Waals surface area contributed by atoms with Crippen LogP contribution in [0, 0.1) is 11.3 Å². The van der Waals surface area contributed by atoms with Crippen LogP contribution >= 0.6 is 0 Å². The topological polar surface area (TPSA) is 46.5 Å². The smallest absolute Gasteiger partial charge is 0.429 e. The zero-order valence-corrected chi connectivity index (χ0v) is 11.3. The van der Waals surface area contributed by atoms with Crippen LogP contribution in [0.3, 0.4) is 0 Å². The molecule has 0 aliphatic heterocycles. The minimum absolute atomic E-state index is 0.375. The van der Waals surface area contributed by atoms with Crippen LogP contribution in [0.15, 0.2) is 0 Å². The quantitative estimate of drug-likeness (QED) is 0.641. The summed E-state index contributed by atoms with van der Waals surface area (Å²) in [6.07, 6.45) is -12.0. The number of halogens is 6. The fourth-order valence-corrected chi connectivity index (χ4v) is 0.916. The monoisotopic (exact) mass is 310 g/mol. The number of hydrogen-bond acceptors (Lipinski definition) is 3. The highest BCUT2D eigenvalue weighted by Gasteiger charge is 2.71. The van der Waals surface area contributed by atoms with Gasteiger partial charge in [-0.3, -0.25) is 4.79 Å². The first-order chi connectivity index (χ1) is 8.57. The number of carbonyl (C=O) groups is 1. The Bertz CT molecular complexity index is 342. The van der Waals surface area contributed by atoms with Crippen molar-refractivity contribution in [2.75, 3.05) is 6.61 Å². The maximum absolute atomic E-state index is 12.3. The Morgan fingerprint density at radius 2 is 1.40 bits per heavy atom. The number of carbonyl (C=O) groups excluding carboxylic acids is 1. The highest BCUT2D eigenvalue weighted by Crippen LogP contribution is 2.43. The van der Waals surface area contributed by atoms with Crippen LogP contribution in [0.4, 0.5) is 26.3 Å². The molecule has 0 spiro atoms. The Hall–Kier alpha value is -0.990. The summed E-state index contributed by atoms with van der Waals surface area (Å²) >= 11 is 0. The Kier molecular flexibility index (Phi) is 5.15. The SMILES string of the molecule is CC(C)C(C)(C)C(=O)OCC(O)(C(F)(F)F)C(F)(F)F. The van der Waals surface area contributed by atoms with E-state index in [4.69, 9.17) is 5.11 Å². The zero-order valence-electron chi connectivity index (χ0n) is 11.3. The van der Waals surface area contributed by atoms with Crippen LogP contribution < -0.4 is 0 Å². The van der Waals surface area contributed by atoms with Crippen LogP contribution in [0.2, 0.25) is 0 Å². The third-order valence-corrected chi connectivity index (χ3v) is 3.32. The molecule has 0 heterocycles. The highest BCUT2D eigenvalue weighted by atomic mass is 19.4. The van der Waals surface area contributed by atoms with Crippen LogP contribution in [0.5, 0.6) is 0 Å². The molecule has 3 nitrogen and oxygen atoms in total. The van der Waals surface area contributed by atoms with Gasteiger partial charge >= 0.3 is 18.3 Å². The summed E-state index contributed by atoms with van der Waals surface area (Å²) in [5, 5.41) is 8.81. The van der Waals surface area contributed by atoms with Gasteiger partial charge in [-0.2, -0.15) is 26.3 Å². The Labute approximate surface area is 111 Å². The van der Waals surface area contributed by atoms with Gasteiger partial charge in [0.25, 0.3) is 5.60 Å². The van der Waals surface area contributed by atoms with E-state index in [0.717, 1.165) is 0 Å². The number of ether oxygens (including phenoxy) is 1. The predicted molar refractivity (Wildman–Crippen MR) is 56.6 cm³/mol. The van der Waals surface area contributed by atoms with Gasteiger partial charge in [-0.25, -0.2) is 0 Å². The lowest BCUT2D eigenvalue weighted by atomic mass is 9.81. The average molecular weight is 310 g/mol. The molecule has 0 atom stereocenters. The first kappa shape index (κ1) is 19.0. The molecule has 0 aromatic heterocycles. The van der Waals surface area contributed by atoms with Gasteiger partial charge in [-0.15, -0.1) is 0 Å². The molecule has 1 N–H and O–H groups in total. The molecule has 0 aromatic rings. The van der Waals surface area contributed by atoms with Gasteiger partial charge in [-0.1, -0.05) is 13.8 Å². The molecule has 0 aromatic carbocycles. The lowest BCUT2D eigenvalue weighted by molar-refractivity contribution is -0.375. The van der Waals surface area contributed by atoms with Crippen LogP contribution in [0.1, 0.15) is 27.7 Å². The first-order valence-electron chi connectivity index (χ1n) is 5.60. The lowest BCUT2D eigenvalue weighted by Gasteiger charge is -2.33. The first-order valence-corrected chi connectivity index (χ1v) is 5.60. The minimum Gasteiger partial charge on any atom is -0.461 e. The summed E-state index contributed by atoms with van der Waals surface area (Å²) in [7, 11) is 0. The molecule has 0 bridgehead atoms. The fourth-order valence-electron chi connectivity index (χ4n) is 0.916. The van der Waals surface area contributed by atoms with Crippen molar-refractivity contribution in [3.05, 3.63) is 0 Å². The van der Waals surface area contributed by atoms with Gasteiger partial charge in [0.2, 0.25) is 0 Å². The average Bonchev–Trinajstić information content (AvgIpc) is 2.21. The summed E-state index contributed by atoms with van der Waals surface area (Å²) in [6, 6.07) is 0. The summed E-state index contributed by atoms with van der Waals surface area (Å²) in [6.45, 7) is 3.53. The number of rotatable bonds is 4. The normalized spacial score (nSPS) is 14.6. The van der Waals surface area contributed by atoms with Gasteiger partial charge in [0.05, 0.1) is 5.41 Å². The molecule has 20 heavy (non-hydrogen) atoms. The number of alkyl halides is 6. The van der Waals surface area contributed by atoms with Crippen molar-refractivity contribution in [2.45, 2.75) is 45.6 Å². The third kappa shape index (κ3) is 3.56. The number of hydrogen-bond donors (Lipinski definition) is 1. The van der Waals surface area contributed by atoms with Gasteiger partial charge in [-0.05, 0) is 19.8 Å². The zero-order chi connectivity index (χ0) is 16.6. The molecule has 9 heteroatoms. The van der Waals surface area contributed by atoms with Crippen molar-refractivity contribution in [3.63, 3.8) is 0 Å². The summed E-state index contributed by atoms with van der Waals surface area (Å²) in [5.41, 5.74) is -6.36. The van der Waals surface area contributed by atoms with Gasteiger partial charge in [0.15, 0.2) is 0 Å². The van der Waals surface area contributed by atoms with E-state index < -0.39 is 35.9 Å². The summed E-state index contributed by atoms with van der Waals surface area (Å²) in [5.74, 6) is -1.63. The molecule has 0 radical (unpaired) electrons. The second-order valence-electron chi connectivity index (χ2n) is 5.31. The Morgan fingerprint density at radius 3 is 1.65 bits per heavy atom. The van der Waals surface area contributed by atoms with E-state index in [2.05, 4.69) is 4.74 Å². The Balaban J connectivity index is 5.15. The van der Waals surface area contributed by atoms with E-state index in [1.807, 2.05) is 0 Å². The van der Waals surface area contributed by atoms with E-state index >= 15 is 0 Å². The number of aliphatic hydroxyl groups is 1. The van der Waals surface area contributed by atoms with Crippen molar-refractivity contribution in [1.82, 2.24) is 0 Å². The van der Waals surface area contributed by atoms with Gasteiger partial charge in [0.1, 0.15) is 6.61 Å². The molecule has 120 valence electrons. The molecule has 0 unspecified atom stereocenters. The summed E-state index contributed by atoms with van der Waals surface area (Å²) < 4.78 is 78.1. The standard InChI is InChI=1S/C11H16F6O3/c1-6(2)8(3,4)7(18)20-5-9(19,10(12,13)14)11(15,16)17/h6,19H,5H2,1-4H3. The minimum atomic E-state index is -6.01. The fraction of sp³-hybridized carbons (Fsp3) is 0.909. The molecular weight excluding hydrogens is 294 g/mol. The van der Waals surface area contributed by atoms with Crippen LogP contribution in [0.25, 0.3) is 0 Å². The van der Waals surface area contributed by atoms with E-state index in [9.17, 15) is 31.1 Å². The van der Waals surface area contributed by atoms with Gasteiger partial charge < -0.3 is 9.84 Å². The van der Waals surface area contributed by atoms with Crippen molar-refractivity contribution in [2.24, 2.45) is 11.3 Å². The predicted octanol–water partition coefficient (Wildman–Crippen LogP) is 3.07. The molecule has 0 fully saturated rings. The lowest BCUT2D eigenvalue weighted by Crippen LogP contribution is -2.60. The van der Waals surface area contributed by atoms with E-state index in [1.165, 1.54) is 13.8 Å². The van der Waals surface area contributed by atoms with E-state index in [0.29, 0.717) is 0 Å². The molecule has 0 aliphatic carbocycles. The molecule has 0 saturated heterocycles. The van der Waals surface area contributed by atoms with E-state index in [1.54, 1.807) is 13.8 Å². The van der Waals surface area contributed by atoms with Crippen molar-refractivity contribution in [3.8, 4) is 0 Å². The second kappa shape index (κ2) is 5.42.